The van der Waals surface area contributed by atoms with E-state index in [-0.39, 0.29) is 6.42 Å². The number of carbonyl (C=O) groups is 3. The first-order valence-corrected chi connectivity index (χ1v) is 3.03. The Morgan fingerprint density at radius 3 is 2.10 bits per heavy atom. The Hall–Kier alpha value is -0.990. The average Bonchev–Trinajstić information content (AvgIpc) is 1.87. The molecule has 1 radical (unpaired) electrons. The van der Waals surface area contributed by atoms with Crippen molar-refractivity contribution in [2.24, 2.45) is 0 Å². The van der Waals surface area contributed by atoms with Crippen molar-refractivity contribution in [3.8, 4) is 0 Å². The molecule has 0 rings (SSSR count). The molecule has 0 fully saturated rings. The van der Waals surface area contributed by atoms with Crippen molar-refractivity contribution >= 4 is 17.3 Å². The summed E-state index contributed by atoms with van der Waals surface area (Å²) in [6.07, 6.45) is 0.720. The third-order valence-electron chi connectivity index (χ3n) is 0.984. The minimum absolute atomic E-state index is 0.139. The van der Waals surface area contributed by atoms with E-state index in [4.69, 9.17) is 0 Å². The van der Waals surface area contributed by atoms with Crippen LogP contribution in [0, 0.1) is 6.92 Å². The quantitative estimate of drug-likeness (QED) is 0.418. The molecule has 3 nitrogen and oxygen atoms in total. The fourth-order valence-corrected chi connectivity index (χ4v) is 0.496. The largest absolute Gasteiger partial charge is 0.290 e. The van der Waals surface area contributed by atoms with Gasteiger partial charge in [0.2, 0.25) is 11.6 Å². The van der Waals surface area contributed by atoms with Gasteiger partial charge >= 0.3 is 0 Å². The van der Waals surface area contributed by atoms with E-state index in [1.54, 1.807) is 6.92 Å². The molecule has 0 aliphatic carbocycles. The molecule has 0 aliphatic rings. The smallest absolute Gasteiger partial charge is 0.264 e. The van der Waals surface area contributed by atoms with Crippen LogP contribution in [0.5, 0.6) is 0 Å². The lowest BCUT2D eigenvalue weighted by molar-refractivity contribution is -0.142. The van der Waals surface area contributed by atoms with E-state index in [1.807, 2.05) is 0 Å². The summed E-state index contributed by atoms with van der Waals surface area (Å²) in [5, 5.41) is 0. The molecule has 0 amide bonds. The van der Waals surface area contributed by atoms with Crippen molar-refractivity contribution in [3.63, 3.8) is 0 Å². The van der Waals surface area contributed by atoms with Crippen molar-refractivity contribution in [3.05, 3.63) is 6.92 Å². The summed E-state index contributed by atoms with van der Waals surface area (Å²) in [6, 6.07) is 0. The van der Waals surface area contributed by atoms with Gasteiger partial charge in [-0.1, -0.05) is 6.92 Å². The zero-order chi connectivity index (χ0) is 8.15. The van der Waals surface area contributed by atoms with Crippen LogP contribution in [0.15, 0.2) is 0 Å². The third kappa shape index (κ3) is 2.53. The van der Waals surface area contributed by atoms with Crippen molar-refractivity contribution in [1.82, 2.24) is 0 Å². The monoisotopic (exact) mass is 141 g/mol. The van der Waals surface area contributed by atoms with Crippen molar-refractivity contribution < 1.29 is 14.4 Å². The average molecular weight is 141 g/mol. The summed E-state index contributed by atoms with van der Waals surface area (Å²) in [4.78, 5) is 31.2. The Kier molecular flexibility index (Phi) is 3.54. The number of rotatable bonds is 4. The SMILES string of the molecule is [CH2]C(=O)C(=O)C(=O)CCC. The highest BCUT2D eigenvalue weighted by atomic mass is 16.2. The fraction of sp³-hybridized carbons (Fsp3) is 0.429. The zero-order valence-corrected chi connectivity index (χ0v) is 5.85. The van der Waals surface area contributed by atoms with Crippen molar-refractivity contribution in [2.75, 3.05) is 0 Å². The predicted molar refractivity (Wildman–Crippen MR) is 35.3 cm³/mol. The highest BCUT2D eigenvalue weighted by Gasteiger charge is 2.16. The van der Waals surface area contributed by atoms with Gasteiger partial charge in [-0.15, -0.1) is 0 Å². The van der Waals surface area contributed by atoms with E-state index in [2.05, 4.69) is 6.92 Å². The molecule has 55 valence electrons. The maximum absolute atomic E-state index is 10.6. The minimum Gasteiger partial charge on any atom is -0.290 e. The molecular formula is C7H9O3. The van der Waals surface area contributed by atoms with Gasteiger partial charge in [0.15, 0.2) is 0 Å². The normalized spacial score (nSPS) is 9.00. The Labute approximate surface area is 59.4 Å². The van der Waals surface area contributed by atoms with Gasteiger partial charge in [-0.25, -0.2) is 0 Å². The van der Waals surface area contributed by atoms with E-state index >= 15 is 0 Å². The Balaban J connectivity index is 3.96. The molecule has 0 N–H and O–H groups in total. The van der Waals surface area contributed by atoms with Crippen LogP contribution in [0.4, 0.5) is 0 Å². The second-order valence-corrected chi connectivity index (χ2v) is 1.93. The summed E-state index contributed by atoms with van der Waals surface area (Å²) >= 11 is 0. The summed E-state index contributed by atoms with van der Waals surface area (Å²) < 4.78 is 0. The van der Waals surface area contributed by atoms with Gasteiger partial charge in [-0.05, 0) is 6.42 Å². The molecule has 10 heavy (non-hydrogen) atoms. The molecule has 0 saturated carbocycles. The Morgan fingerprint density at radius 2 is 1.80 bits per heavy atom. The van der Waals surface area contributed by atoms with Crippen LogP contribution >= 0.6 is 0 Å². The van der Waals surface area contributed by atoms with Crippen LogP contribution in [0.3, 0.4) is 0 Å². The van der Waals surface area contributed by atoms with Gasteiger partial charge in [-0.3, -0.25) is 14.4 Å². The lowest BCUT2D eigenvalue weighted by Gasteiger charge is -1.90. The highest BCUT2D eigenvalue weighted by Crippen LogP contribution is 1.90. The van der Waals surface area contributed by atoms with Crippen molar-refractivity contribution in [1.29, 1.82) is 0 Å². The molecule has 0 aliphatic heterocycles. The fourth-order valence-electron chi connectivity index (χ4n) is 0.496. The lowest BCUT2D eigenvalue weighted by atomic mass is 10.1. The third-order valence-corrected chi connectivity index (χ3v) is 0.984. The maximum Gasteiger partial charge on any atom is 0.264 e. The molecular weight excluding hydrogens is 132 g/mol. The van der Waals surface area contributed by atoms with Gasteiger partial charge in [0.25, 0.3) is 5.78 Å². The summed E-state index contributed by atoms with van der Waals surface area (Å²) in [7, 11) is 0. The first-order valence-electron chi connectivity index (χ1n) is 3.03. The van der Waals surface area contributed by atoms with Crippen LogP contribution in [-0.2, 0) is 14.4 Å². The first-order chi connectivity index (χ1) is 4.59. The van der Waals surface area contributed by atoms with E-state index in [9.17, 15) is 14.4 Å². The second-order valence-electron chi connectivity index (χ2n) is 1.93. The molecule has 0 bridgehead atoms. The summed E-state index contributed by atoms with van der Waals surface area (Å²) in [5.74, 6) is -2.54. The molecule has 0 unspecified atom stereocenters. The highest BCUT2D eigenvalue weighted by molar-refractivity contribution is 6.64. The predicted octanol–water partition coefficient (Wildman–Crippen LogP) is 0.328. The molecule has 0 saturated heterocycles. The maximum atomic E-state index is 10.6. The van der Waals surface area contributed by atoms with Crippen LogP contribution in [0.2, 0.25) is 0 Å². The zero-order valence-electron chi connectivity index (χ0n) is 5.85. The van der Waals surface area contributed by atoms with E-state index in [1.165, 1.54) is 0 Å². The van der Waals surface area contributed by atoms with E-state index < -0.39 is 17.3 Å². The van der Waals surface area contributed by atoms with Crippen LogP contribution in [-0.4, -0.2) is 17.3 Å². The van der Waals surface area contributed by atoms with Gasteiger partial charge in [0.05, 0.1) is 0 Å². The molecule has 0 aromatic heterocycles. The van der Waals surface area contributed by atoms with Gasteiger partial charge in [0, 0.05) is 13.3 Å². The van der Waals surface area contributed by atoms with Gasteiger partial charge in [0.1, 0.15) is 0 Å². The van der Waals surface area contributed by atoms with Crippen LogP contribution < -0.4 is 0 Å². The number of ketones is 3. The Morgan fingerprint density at radius 1 is 1.30 bits per heavy atom. The molecule has 0 atom stereocenters. The number of Topliss-reactive ketones (excluding diaryl/α,β-unsaturated/α-hetero) is 3. The van der Waals surface area contributed by atoms with Crippen molar-refractivity contribution in [2.45, 2.75) is 19.8 Å². The Bertz CT molecular complexity index is 170. The van der Waals surface area contributed by atoms with E-state index in [0.29, 0.717) is 6.42 Å². The summed E-state index contributed by atoms with van der Waals surface area (Å²) in [5.41, 5.74) is 0. The molecule has 0 aromatic carbocycles. The van der Waals surface area contributed by atoms with Gasteiger partial charge in [-0.2, -0.15) is 0 Å². The topological polar surface area (TPSA) is 51.2 Å². The molecule has 3 heteroatoms. The molecule has 0 aromatic rings. The number of hydrogen-bond acceptors (Lipinski definition) is 3. The van der Waals surface area contributed by atoms with Crippen LogP contribution in [0.1, 0.15) is 19.8 Å². The molecule has 0 heterocycles. The number of hydrogen-bond donors (Lipinski definition) is 0. The molecule has 0 spiro atoms. The number of carbonyl (C=O) groups excluding carboxylic acids is 3. The first kappa shape index (κ1) is 9.01. The lowest BCUT2D eigenvalue weighted by Crippen LogP contribution is -2.20. The second kappa shape index (κ2) is 3.93. The summed E-state index contributed by atoms with van der Waals surface area (Å²) in [6.45, 7) is 4.60. The minimum atomic E-state index is -0.984. The van der Waals surface area contributed by atoms with Crippen LogP contribution in [0.25, 0.3) is 0 Å². The standard InChI is InChI=1S/C7H9O3/c1-3-4-6(9)7(10)5(2)8/h2-4H2,1H3. The van der Waals surface area contributed by atoms with E-state index in [0.717, 1.165) is 0 Å². The van der Waals surface area contributed by atoms with Gasteiger partial charge < -0.3 is 0 Å².